The molecule has 1 aromatic heterocycles. The average Bonchev–Trinajstić information content (AvgIpc) is 2.78. The molecule has 1 aromatic carbocycles. The Labute approximate surface area is 109 Å². The fourth-order valence-electron chi connectivity index (χ4n) is 1.40. The van der Waals surface area contributed by atoms with Crippen LogP contribution < -0.4 is 5.32 Å². The highest BCUT2D eigenvalue weighted by atomic mass is 32.1. The molecule has 2 aromatic rings. The van der Waals surface area contributed by atoms with Gasteiger partial charge in [-0.25, -0.2) is 4.98 Å². The third-order valence-electron chi connectivity index (χ3n) is 2.44. The summed E-state index contributed by atoms with van der Waals surface area (Å²) in [7, 11) is 0. The predicted molar refractivity (Wildman–Crippen MR) is 72.6 cm³/mol. The largest absolute Gasteiger partial charge is 0.332 e. The standard InChI is InChI=1S/C12H13N3O2S/c1-8(2)11-7-18-12(14-11)13-9-3-5-10(6-4-9)15(16)17/h3-8H,1-2H3,(H,13,14). The lowest BCUT2D eigenvalue weighted by Gasteiger charge is -2.02. The lowest BCUT2D eigenvalue weighted by Crippen LogP contribution is -1.93. The number of anilines is 2. The molecule has 1 N–H and O–H groups in total. The number of benzene rings is 1. The van der Waals surface area contributed by atoms with Crippen LogP contribution in [0.2, 0.25) is 0 Å². The van der Waals surface area contributed by atoms with Crippen LogP contribution in [-0.2, 0) is 0 Å². The minimum Gasteiger partial charge on any atom is -0.332 e. The van der Waals surface area contributed by atoms with Crippen LogP contribution in [0.5, 0.6) is 0 Å². The Balaban J connectivity index is 2.10. The molecule has 1 heterocycles. The Morgan fingerprint density at radius 3 is 2.50 bits per heavy atom. The first-order valence-corrected chi connectivity index (χ1v) is 6.41. The number of nitrogens with zero attached hydrogens (tertiary/aromatic N) is 2. The second-order valence-electron chi connectivity index (χ2n) is 4.16. The van der Waals surface area contributed by atoms with Gasteiger partial charge < -0.3 is 5.32 Å². The Kier molecular flexibility index (Phi) is 3.57. The van der Waals surface area contributed by atoms with E-state index in [1.54, 1.807) is 12.1 Å². The van der Waals surface area contributed by atoms with Gasteiger partial charge in [0.05, 0.1) is 10.6 Å². The van der Waals surface area contributed by atoms with Crippen LogP contribution in [0.15, 0.2) is 29.6 Å². The van der Waals surface area contributed by atoms with Crippen molar-refractivity contribution in [3.63, 3.8) is 0 Å². The van der Waals surface area contributed by atoms with Gasteiger partial charge in [0.2, 0.25) is 0 Å². The molecule has 0 spiro atoms. The molecule has 2 rings (SSSR count). The smallest absolute Gasteiger partial charge is 0.269 e. The molecule has 0 radical (unpaired) electrons. The highest BCUT2D eigenvalue weighted by molar-refractivity contribution is 7.13. The van der Waals surface area contributed by atoms with E-state index < -0.39 is 4.92 Å². The molecular weight excluding hydrogens is 250 g/mol. The van der Waals surface area contributed by atoms with Crippen molar-refractivity contribution in [1.29, 1.82) is 0 Å². The number of hydrogen-bond donors (Lipinski definition) is 1. The van der Waals surface area contributed by atoms with E-state index in [4.69, 9.17) is 0 Å². The monoisotopic (exact) mass is 263 g/mol. The quantitative estimate of drug-likeness (QED) is 0.670. The minimum absolute atomic E-state index is 0.0857. The normalized spacial score (nSPS) is 10.6. The third-order valence-corrected chi connectivity index (χ3v) is 3.22. The fraction of sp³-hybridized carbons (Fsp3) is 0.250. The molecule has 0 saturated heterocycles. The van der Waals surface area contributed by atoms with Crippen molar-refractivity contribution in [3.05, 3.63) is 45.5 Å². The van der Waals surface area contributed by atoms with E-state index in [1.807, 2.05) is 5.38 Å². The zero-order chi connectivity index (χ0) is 13.1. The average molecular weight is 263 g/mol. The van der Waals surface area contributed by atoms with E-state index in [0.29, 0.717) is 5.92 Å². The van der Waals surface area contributed by atoms with E-state index in [2.05, 4.69) is 24.1 Å². The highest BCUT2D eigenvalue weighted by Crippen LogP contribution is 2.25. The fourth-order valence-corrected chi connectivity index (χ4v) is 2.29. The van der Waals surface area contributed by atoms with Crippen LogP contribution in [0.1, 0.15) is 25.5 Å². The van der Waals surface area contributed by atoms with Gasteiger partial charge in [-0.3, -0.25) is 10.1 Å². The number of nitrogens with one attached hydrogen (secondary N) is 1. The number of nitro groups is 1. The van der Waals surface area contributed by atoms with Crippen molar-refractivity contribution in [1.82, 2.24) is 4.98 Å². The van der Waals surface area contributed by atoms with Crippen LogP contribution >= 0.6 is 11.3 Å². The maximum atomic E-state index is 10.5. The van der Waals surface area contributed by atoms with Gasteiger partial charge in [-0.2, -0.15) is 0 Å². The predicted octanol–water partition coefficient (Wildman–Crippen LogP) is 3.92. The Morgan fingerprint density at radius 1 is 1.33 bits per heavy atom. The Morgan fingerprint density at radius 2 is 2.00 bits per heavy atom. The van der Waals surface area contributed by atoms with Crippen molar-refractivity contribution in [2.45, 2.75) is 19.8 Å². The van der Waals surface area contributed by atoms with Gasteiger partial charge in [0.15, 0.2) is 5.13 Å². The van der Waals surface area contributed by atoms with Crippen molar-refractivity contribution < 1.29 is 4.92 Å². The zero-order valence-electron chi connectivity index (χ0n) is 10.1. The van der Waals surface area contributed by atoms with Gasteiger partial charge in [-0.1, -0.05) is 13.8 Å². The van der Waals surface area contributed by atoms with Gasteiger partial charge in [-0.05, 0) is 18.1 Å². The summed E-state index contributed by atoms with van der Waals surface area (Å²) in [4.78, 5) is 14.5. The van der Waals surface area contributed by atoms with Crippen LogP contribution in [0.4, 0.5) is 16.5 Å². The lowest BCUT2D eigenvalue weighted by molar-refractivity contribution is -0.384. The molecule has 0 atom stereocenters. The second kappa shape index (κ2) is 5.14. The SMILES string of the molecule is CC(C)c1csc(Nc2ccc([N+](=O)[O-])cc2)n1. The zero-order valence-corrected chi connectivity index (χ0v) is 10.9. The molecule has 0 bridgehead atoms. The summed E-state index contributed by atoms with van der Waals surface area (Å²) in [5, 5.41) is 16.5. The number of nitro benzene ring substituents is 1. The van der Waals surface area contributed by atoms with Gasteiger partial charge in [0.1, 0.15) is 0 Å². The van der Waals surface area contributed by atoms with E-state index in [1.165, 1.54) is 23.5 Å². The molecule has 0 aliphatic rings. The summed E-state index contributed by atoms with van der Waals surface area (Å²) in [6, 6.07) is 6.29. The van der Waals surface area contributed by atoms with Crippen molar-refractivity contribution in [2.24, 2.45) is 0 Å². The van der Waals surface area contributed by atoms with E-state index in [9.17, 15) is 10.1 Å². The third kappa shape index (κ3) is 2.84. The van der Waals surface area contributed by atoms with Crippen LogP contribution in [-0.4, -0.2) is 9.91 Å². The van der Waals surface area contributed by atoms with Gasteiger partial charge in [0, 0.05) is 23.2 Å². The van der Waals surface area contributed by atoms with Crippen LogP contribution in [0, 0.1) is 10.1 Å². The number of rotatable bonds is 4. The number of hydrogen-bond acceptors (Lipinski definition) is 5. The summed E-state index contributed by atoms with van der Waals surface area (Å²) in [5.41, 5.74) is 1.93. The Hall–Kier alpha value is -1.95. The lowest BCUT2D eigenvalue weighted by atomic mass is 10.2. The summed E-state index contributed by atoms with van der Waals surface area (Å²) in [5.74, 6) is 0.397. The van der Waals surface area contributed by atoms with Crippen molar-refractivity contribution in [3.8, 4) is 0 Å². The van der Waals surface area contributed by atoms with Gasteiger partial charge in [-0.15, -0.1) is 11.3 Å². The maximum absolute atomic E-state index is 10.5. The minimum atomic E-state index is -0.413. The molecule has 6 heteroatoms. The first-order valence-electron chi connectivity index (χ1n) is 5.53. The van der Waals surface area contributed by atoms with Gasteiger partial charge >= 0.3 is 0 Å². The maximum Gasteiger partial charge on any atom is 0.269 e. The number of aromatic nitrogens is 1. The highest BCUT2D eigenvalue weighted by Gasteiger charge is 2.07. The van der Waals surface area contributed by atoms with Crippen molar-refractivity contribution in [2.75, 3.05) is 5.32 Å². The molecule has 18 heavy (non-hydrogen) atoms. The first-order chi connectivity index (χ1) is 8.56. The first kappa shape index (κ1) is 12.5. The second-order valence-corrected chi connectivity index (χ2v) is 5.02. The van der Waals surface area contributed by atoms with E-state index in [0.717, 1.165) is 16.5 Å². The van der Waals surface area contributed by atoms with Crippen molar-refractivity contribution >= 4 is 27.8 Å². The van der Waals surface area contributed by atoms with E-state index in [-0.39, 0.29) is 5.69 Å². The summed E-state index contributed by atoms with van der Waals surface area (Å²) in [6.07, 6.45) is 0. The molecule has 0 fully saturated rings. The van der Waals surface area contributed by atoms with Gasteiger partial charge in [0.25, 0.3) is 5.69 Å². The topological polar surface area (TPSA) is 68.1 Å². The molecule has 0 amide bonds. The van der Waals surface area contributed by atoms with E-state index >= 15 is 0 Å². The summed E-state index contributed by atoms with van der Waals surface area (Å²) < 4.78 is 0. The van der Waals surface area contributed by atoms with Crippen LogP contribution in [0.3, 0.4) is 0 Å². The molecule has 0 aliphatic heterocycles. The molecule has 5 nitrogen and oxygen atoms in total. The number of non-ortho nitro benzene ring substituents is 1. The molecular formula is C12H13N3O2S. The molecule has 0 saturated carbocycles. The molecule has 94 valence electrons. The van der Waals surface area contributed by atoms with Crippen LogP contribution in [0.25, 0.3) is 0 Å². The number of thiazole rings is 1. The summed E-state index contributed by atoms with van der Waals surface area (Å²) in [6.45, 7) is 4.18. The molecule has 0 aliphatic carbocycles. The molecule has 0 unspecified atom stereocenters. The Bertz CT molecular complexity index is 549. The summed E-state index contributed by atoms with van der Waals surface area (Å²) >= 11 is 1.53.